The Morgan fingerprint density at radius 3 is 3.11 bits per heavy atom. The van der Waals surface area contributed by atoms with Crippen LogP contribution in [-0.4, -0.2) is 52.3 Å². The van der Waals surface area contributed by atoms with Crippen LogP contribution in [-0.2, 0) is 0 Å². The van der Waals surface area contributed by atoms with Crippen LogP contribution >= 0.6 is 0 Å². The Labute approximate surface area is 111 Å². The van der Waals surface area contributed by atoms with E-state index in [0.717, 1.165) is 24.8 Å². The Kier molecular flexibility index (Phi) is 2.85. The van der Waals surface area contributed by atoms with Crippen LogP contribution < -0.4 is 0 Å². The number of carbonyl (C=O) groups is 1. The van der Waals surface area contributed by atoms with Gasteiger partial charge in [0.25, 0.3) is 0 Å². The molecule has 3 rings (SSSR count). The van der Waals surface area contributed by atoms with Crippen LogP contribution in [0.15, 0.2) is 27.0 Å². The fraction of sp³-hybridized carbons (Fsp3) is 0.667. The third-order valence-electron chi connectivity index (χ3n) is 4.18. The average molecular weight is 263 g/mol. The molecule has 0 aromatic heterocycles. The van der Waals surface area contributed by atoms with Crippen molar-refractivity contribution in [3.05, 3.63) is 11.8 Å². The number of piperidine rings is 1. The van der Waals surface area contributed by atoms with Gasteiger partial charge < -0.3 is 5.11 Å². The van der Waals surface area contributed by atoms with E-state index in [1.54, 1.807) is 11.1 Å². The largest absolute Gasteiger partial charge is 0.465 e. The molecular formula is C12H17N5O2. The molecule has 0 bridgehead atoms. The smallest absolute Gasteiger partial charge is 0.408 e. The molecule has 3 aliphatic rings. The van der Waals surface area contributed by atoms with Crippen molar-refractivity contribution in [2.75, 3.05) is 19.8 Å². The van der Waals surface area contributed by atoms with Gasteiger partial charge in [0.15, 0.2) is 5.84 Å². The van der Waals surface area contributed by atoms with E-state index in [-0.39, 0.29) is 0 Å². The molecule has 1 N–H and O–H groups in total. The summed E-state index contributed by atoms with van der Waals surface area (Å²) in [6.45, 7) is 3.72. The quantitative estimate of drug-likeness (QED) is 0.784. The molecule has 0 spiro atoms. The number of rotatable bonds is 1. The SMILES string of the molecule is CC1(N2CN=C3N=NC=C3C2)CCCCN1C(=O)O. The van der Waals surface area contributed by atoms with Gasteiger partial charge in [-0.15, -0.1) is 5.11 Å². The Balaban J connectivity index is 1.86. The van der Waals surface area contributed by atoms with E-state index >= 15 is 0 Å². The van der Waals surface area contributed by atoms with Crippen LogP contribution in [0.5, 0.6) is 0 Å². The lowest BCUT2D eigenvalue weighted by Gasteiger charge is -2.50. The van der Waals surface area contributed by atoms with Gasteiger partial charge in [-0.25, -0.2) is 9.79 Å². The summed E-state index contributed by atoms with van der Waals surface area (Å²) in [4.78, 5) is 19.5. The van der Waals surface area contributed by atoms with E-state index < -0.39 is 11.8 Å². The predicted molar refractivity (Wildman–Crippen MR) is 68.9 cm³/mol. The number of aliphatic imine (C=N–C) groups is 1. The molecule has 1 atom stereocenters. The molecule has 7 heteroatoms. The molecule has 1 unspecified atom stereocenters. The molecule has 19 heavy (non-hydrogen) atoms. The molecule has 1 amide bonds. The van der Waals surface area contributed by atoms with Crippen molar-refractivity contribution in [1.29, 1.82) is 0 Å². The highest BCUT2D eigenvalue weighted by Gasteiger charge is 2.44. The lowest BCUT2D eigenvalue weighted by Crippen LogP contribution is -2.63. The monoisotopic (exact) mass is 263 g/mol. The number of amidine groups is 1. The van der Waals surface area contributed by atoms with Gasteiger partial charge in [-0.1, -0.05) is 0 Å². The van der Waals surface area contributed by atoms with Crippen molar-refractivity contribution in [3.63, 3.8) is 0 Å². The van der Waals surface area contributed by atoms with Gasteiger partial charge in [-0.05, 0) is 26.2 Å². The maximum Gasteiger partial charge on any atom is 0.408 e. The number of fused-ring (bicyclic) bond motifs is 1. The lowest BCUT2D eigenvalue weighted by atomic mass is 9.94. The van der Waals surface area contributed by atoms with Crippen LogP contribution in [0.3, 0.4) is 0 Å². The van der Waals surface area contributed by atoms with Crippen molar-refractivity contribution in [2.24, 2.45) is 15.2 Å². The molecule has 0 aromatic carbocycles. The van der Waals surface area contributed by atoms with Gasteiger partial charge in [0.1, 0.15) is 0 Å². The molecule has 1 saturated heterocycles. The van der Waals surface area contributed by atoms with E-state index in [2.05, 4.69) is 20.1 Å². The first-order valence-corrected chi connectivity index (χ1v) is 6.51. The van der Waals surface area contributed by atoms with E-state index in [1.807, 2.05) is 6.92 Å². The summed E-state index contributed by atoms with van der Waals surface area (Å²) in [5.41, 5.74) is 0.492. The van der Waals surface area contributed by atoms with Crippen molar-refractivity contribution in [1.82, 2.24) is 9.80 Å². The minimum atomic E-state index is -0.855. The van der Waals surface area contributed by atoms with Crippen LogP contribution in [0.1, 0.15) is 26.2 Å². The summed E-state index contributed by atoms with van der Waals surface area (Å²) in [5, 5.41) is 17.2. The average Bonchev–Trinajstić information content (AvgIpc) is 2.86. The van der Waals surface area contributed by atoms with E-state index in [9.17, 15) is 9.90 Å². The Hall–Kier alpha value is -1.76. The topological polar surface area (TPSA) is 80.9 Å². The fourth-order valence-electron chi connectivity index (χ4n) is 2.99. The molecule has 3 aliphatic heterocycles. The molecule has 102 valence electrons. The van der Waals surface area contributed by atoms with Gasteiger partial charge in [0.2, 0.25) is 0 Å². The molecule has 0 aliphatic carbocycles. The molecular weight excluding hydrogens is 246 g/mol. The number of amides is 1. The molecule has 0 radical (unpaired) electrons. The van der Waals surface area contributed by atoms with Crippen molar-refractivity contribution in [3.8, 4) is 0 Å². The minimum absolute atomic E-state index is 0.478. The van der Waals surface area contributed by atoms with Gasteiger partial charge in [-0.3, -0.25) is 9.80 Å². The second kappa shape index (κ2) is 4.41. The van der Waals surface area contributed by atoms with Crippen LogP contribution in [0.25, 0.3) is 0 Å². The normalized spacial score (nSPS) is 30.9. The number of hydrogen-bond acceptors (Lipinski definition) is 5. The summed E-state index contributed by atoms with van der Waals surface area (Å²) in [7, 11) is 0. The summed E-state index contributed by atoms with van der Waals surface area (Å²) < 4.78 is 0. The van der Waals surface area contributed by atoms with Crippen LogP contribution in [0.4, 0.5) is 4.79 Å². The highest BCUT2D eigenvalue weighted by Crippen LogP contribution is 2.33. The maximum atomic E-state index is 11.5. The second-order valence-electron chi connectivity index (χ2n) is 5.30. The molecule has 7 nitrogen and oxygen atoms in total. The standard InChI is InChI=1S/C12H17N5O2/c1-12(4-2-3-5-17(12)11(18)19)16-7-9-6-14-15-10(9)13-8-16/h6H,2-5,7-8H2,1H3,(H,18,19). The predicted octanol–water partition coefficient (Wildman–Crippen LogP) is 1.89. The number of likely N-dealkylation sites (tertiary alicyclic amines) is 1. The van der Waals surface area contributed by atoms with Crippen LogP contribution in [0, 0.1) is 0 Å². The molecule has 1 fully saturated rings. The zero-order chi connectivity index (χ0) is 13.5. The second-order valence-corrected chi connectivity index (χ2v) is 5.30. The Bertz CT molecular complexity index is 498. The molecule has 3 heterocycles. The number of nitrogens with zero attached hydrogens (tertiary/aromatic N) is 5. The van der Waals surface area contributed by atoms with Crippen molar-refractivity contribution < 1.29 is 9.90 Å². The third kappa shape index (κ3) is 1.94. The summed E-state index contributed by atoms with van der Waals surface area (Å²) in [6, 6.07) is 0. The van der Waals surface area contributed by atoms with E-state index in [0.29, 0.717) is 25.6 Å². The third-order valence-corrected chi connectivity index (χ3v) is 4.18. The zero-order valence-corrected chi connectivity index (χ0v) is 10.9. The highest BCUT2D eigenvalue weighted by molar-refractivity contribution is 6.00. The number of hydrogen-bond donors (Lipinski definition) is 1. The summed E-state index contributed by atoms with van der Waals surface area (Å²) >= 11 is 0. The van der Waals surface area contributed by atoms with Gasteiger partial charge in [0, 0.05) is 18.7 Å². The van der Waals surface area contributed by atoms with Gasteiger partial charge in [-0.2, -0.15) is 5.11 Å². The Morgan fingerprint density at radius 2 is 2.32 bits per heavy atom. The van der Waals surface area contributed by atoms with Crippen molar-refractivity contribution >= 4 is 11.9 Å². The molecule has 0 aromatic rings. The van der Waals surface area contributed by atoms with Gasteiger partial charge >= 0.3 is 6.09 Å². The Morgan fingerprint density at radius 1 is 1.47 bits per heavy atom. The first kappa shape index (κ1) is 12.3. The fourth-order valence-corrected chi connectivity index (χ4v) is 2.99. The van der Waals surface area contributed by atoms with Crippen molar-refractivity contribution in [2.45, 2.75) is 31.8 Å². The first-order valence-electron chi connectivity index (χ1n) is 6.51. The van der Waals surface area contributed by atoms with E-state index in [1.165, 1.54) is 0 Å². The summed E-state index contributed by atoms with van der Waals surface area (Å²) in [6.07, 6.45) is 3.67. The van der Waals surface area contributed by atoms with Gasteiger partial charge in [0.05, 0.1) is 18.5 Å². The zero-order valence-electron chi connectivity index (χ0n) is 10.9. The van der Waals surface area contributed by atoms with E-state index in [4.69, 9.17) is 0 Å². The first-order chi connectivity index (χ1) is 9.11. The minimum Gasteiger partial charge on any atom is -0.465 e. The molecule has 0 saturated carbocycles. The summed E-state index contributed by atoms with van der Waals surface area (Å²) in [5.74, 6) is 0.692. The maximum absolute atomic E-state index is 11.5. The van der Waals surface area contributed by atoms with Crippen LogP contribution in [0.2, 0.25) is 0 Å². The number of azo groups is 1. The highest BCUT2D eigenvalue weighted by atomic mass is 16.4. The lowest BCUT2D eigenvalue weighted by molar-refractivity contribution is -0.0517. The number of carboxylic acid groups (broad SMARTS) is 1.